The number of halogens is 1. The number of amides is 1. The van der Waals surface area contributed by atoms with Crippen LogP contribution in [-0.2, 0) is 10.0 Å². The first-order valence-corrected chi connectivity index (χ1v) is 10.4. The lowest BCUT2D eigenvalue weighted by Crippen LogP contribution is -2.46. The van der Waals surface area contributed by atoms with Gasteiger partial charge in [-0.15, -0.1) is 12.4 Å². The van der Waals surface area contributed by atoms with Crippen molar-refractivity contribution in [2.75, 3.05) is 6.54 Å². The van der Waals surface area contributed by atoms with Crippen molar-refractivity contribution < 1.29 is 13.2 Å². The Balaban J connectivity index is 0.00000338. The van der Waals surface area contributed by atoms with Crippen molar-refractivity contribution in [2.45, 2.75) is 62.9 Å². The van der Waals surface area contributed by atoms with E-state index in [1.165, 1.54) is 31.4 Å². The highest BCUT2D eigenvalue weighted by molar-refractivity contribution is 7.89. The zero-order valence-corrected chi connectivity index (χ0v) is 17.0. The van der Waals surface area contributed by atoms with Gasteiger partial charge in [-0.2, -0.15) is 0 Å². The Morgan fingerprint density at radius 2 is 1.88 bits per heavy atom. The molecule has 4 N–H and O–H groups in total. The fourth-order valence-corrected chi connectivity index (χ4v) is 4.64. The summed E-state index contributed by atoms with van der Waals surface area (Å²) in [5, 5.41) is 2.99. The fraction of sp³-hybridized carbons (Fsp3) is 0.611. The van der Waals surface area contributed by atoms with Crippen LogP contribution in [0.2, 0.25) is 0 Å². The van der Waals surface area contributed by atoms with E-state index in [0.29, 0.717) is 18.0 Å². The second-order valence-electron chi connectivity index (χ2n) is 7.02. The number of nitrogens with one attached hydrogen (secondary N) is 2. The Morgan fingerprint density at radius 1 is 1.23 bits per heavy atom. The summed E-state index contributed by atoms with van der Waals surface area (Å²) in [5.74, 6) is 0.125. The molecule has 6 nitrogen and oxygen atoms in total. The van der Waals surface area contributed by atoms with E-state index in [1.807, 2.05) is 0 Å². The van der Waals surface area contributed by atoms with Crippen molar-refractivity contribution in [1.29, 1.82) is 0 Å². The molecule has 26 heavy (non-hydrogen) atoms. The van der Waals surface area contributed by atoms with Gasteiger partial charge in [-0.3, -0.25) is 4.79 Å². The van der Waals surface area contributed by atoms with Gasteiger partial charge in [0.2, 0.25) is 10.0 Å². The topological polar surface area (TPSA) is 101 Å². The van der Waals surface area contributed by atoms with Crippen LogP contribution in [0.1, 0.15) is 56.3 Å². The Morgan fingerprint density at radius 3 is 2.46 bits per heavy atom. The van der Waals surface area contributed by atoms with Gasteiger partial charge in [0.15, 0.2) is 0 Å². The standard InChI is InChI=1S/C18H29N3O3S.ClH/c1-13(2)21-25(23,24)16-10-6-9-15(11-16)18(22)20-17(12-19)14-7-4-3-5-8-14;/h6,9-11,13-14,17,21H,3-5,7-8,12,19H2,1-2H3,(H,20,22);1H. The Labute approximate surface area is 162 Å². The third kappa shape index (κ3) is 6.23. The quantitative estimate of drug-likeness (QED) is 0.650. The first kappa shape index (κ1) is 22.9. The predicted octanol–water partition coefficient (Wildman–Crippen LogP) is 2.43. The number of carbonyl (C=O) groups is 1. The van der Waals surface area contributed by atoms with E-state index in [1.54, 1.807) is 26.0 Å². The van der Waals surface area contributed by atoms with Gasteiger partial charge < -0.3 is 11.1 Å². The van der Waals surface area contributed by atoms with Crippen LogP contribution < -0.4 is 15.8 Å². The van der Waals surface area contributed by atoms with Crippen molar-refractivity contribution in [2.24, 2.45) is 11.7 Å². The molecule has 1 aromatic carbocycles. The maximum absolute atomic E-state index is 12.6. The van der Waals surface area contributed by atoms with Crippen molar-refractivity contribution in [3.8, 4) is 0 Å². The van der Waals surface area contributed by atoms with E-state index < -0.39 is 10.0 Å². The number of benzene rings is 1. The number of sulfonamides is 1. The summed E-state index contributed by atoms with van der Waals surface area (Å²) in [6.07, 6.45) is 5.74. The van der Waals surface area contributed by atoms with Crippen LogP contribution >= 0.6 is 12.4 Å². The summed E-state index contributed by atoms with van der Waals surface area (Å²) in [7, 11) is -3.62. The fourth-order valence-electron chi connectivity index (χ4n) is 3.34. The number of rotatable bonds is 7. The number of nitrogens with two attached hydrogens (primary N) is 1. The van der Waals surface area contributed by atoms with Crippen molar-refractivity contribution in [3.63, 3.8) is 0 Å². The molecule has 1 aliphatic rings. The third-order valence-electron chi connectivity index (χ3n) is 4.59. The van der Waals surface area contributed by atoms with Crippen LogP contribution in [0.4, 0.5) is 0 Å². The summed E-state index contributed by atoms with van der Waals surface area (Å²) < 4.78 is 27.1. The van der Waals surface area contributed by atoms with Gasteiger partial charge in [0, 0.05) is 24.2 Å². The summed E-state index contributed by atoms with van der Waals surface area (Å²) in [6, 6.07) is 5.83. The molecule has 0 spiro atoms. The van der Waals surface area contributed by atoms with E-state index in [0.717, 1.165) is 12.8 Å². The molecule has 1 unspecified atom stereocenters. The van der Waals surface area contributed by atoms with E-state index in [4.69, 9.17) is 5.73 Å². The molecule has 1 aromatic rings. The van der Waals surface area contributed by atoms with Crippen LogP contribution in [0.5, 0.6) is 0 Å². The highest BCUT2D eigenvalue weighted by Gasteiger charge is 2.25. The van der Waals surface area contributed by atoms with E-state index >= 15 is 0 Å². The molecule has 0 aliphatic heterocycles. The molecule has 0 heterocycles. The van der Waals surface area contributed by atoms with Crippen molar-refractivity contribution in [3.05, 3.63) is 29.8 Å². The first-order valence-electron chi connectivity index (χ1n) is 8.97. The molecule has 1 fully saturated rings. The Bertz CT molecular complexity index is 689. The van der Waals surface area contributed by atoms with E-state index in [-0.39, 0.29) is 35.3 Å². The minimum atomic E-state index is -3.62. The SMILES string of the molecule is CC(C)NS(=O)(=O)c1cccc(C(=O)NC(CN)C2CCCCC2)c1.Cl. The van der Waals surface area contributed by atoms with Crippen LogP contribution in [0.15, 0.2) is 29.2 Å². The lowest BCUT2D eigenvalue weighted by molar-refractivity contribution is 0.0915. The second kappa shape index (κ2) is 10.3. The summed E-state index contributed by atoms with van der Waals surface area (Å²) in [6.45, 7) is 3.90. The van der Waals surface area contributed by atoms with Gasteiger partial charge in [-0.05, 0) is 50.8 Å². The number of carbonyl (C=O) groups excluding carboxylic acids is 1. The smallest absolute Gasteiger partial charge is 0.251 e. The summed E-state index contributed by atoms with van der Waals surface area (Å²) in [4.78, 5) is 12.7. The maximum atomic E-state index is 12.6. The molecular weight excluding hydrogens is 374 g/mol. The van der Waals surface area contributed by atoms with E-state index in [2.05, 4.69) is 10.0 Å². The maximum Gasteiger partial charge on any atom is 0.251 e. The third-order valence-corrected chi connectivity index (χ3v) is 6.24. The van der Waals surface area contributed by atoms with Gasteiger partial charge >= 0.3 is 0 Å². The van der Waals surface area contributed by atoms with E-state index in [9.17, 15) is 13.2 Å². The van der Waals surface area contributed by atoms with Gasteiger partial charge in [0.25, 0.3) is 5.91 Å². The average Bonchev–Trinajstić information content (AvgIpc) is 2.59. The zero-order chi connectivity index (χ0) is 18.4. The van der Waals surface area contributed by atoms with Gasteiger partial charge in [0.1, 0.15) is 0 Å². The molecule has 1 atom stereocenters. The minimum absolute atomic E-state index is 0. The normalized spacial score (nSPS) is 16.8. The first-order chi connectivity index (χ1) is 11.8. The molecule has 1 saturated carbocycles. The Kier molecular flexibility index (Phi) is 9.03. The monoisotopic (exact) mass is 403 g/mol. The van der Waals surface area contributed by atoms with Crippen molar-refractivity contribution >= 4 is 28.3 Å². The molecule has 8 heteroatoms. The molecule has 0 aromatic heterocycles. The predicted molar refractivity (Wildman–Crippen MR) is 106 cm³/mol. The average molecular weight is 404 g/mol. The zero-order valence-electron chi connectivity index (χ0n) is 15.4. The van der Waals surface area contributed by atoms with Crippen LogP contribution in [0.3, 0.4) is 0 Å². The summed E-state index contributed by atoms with van der Waals surface area (Å²) in [5.41, 5.74) is 6.20. The highest BCUT2D eigenvalue weighted by atomic mass is 35.5. The molecule has 0 radical (unpaired) electrons. The van der Waals surface area contributed by atoms with Crippen LogP contribution in [-0.4, -0.2) is 33.0 Å². The number of hydrogen-bond donors (Lipinski definition) is 3. The molecule has 1 amide bonds. The molecule has 148 valence electrons. The largest absolute Gasteiger partial charge is 0.348 e. The van der Waals surface area contributed by atoms with Gasteiger partial charge in [-0.1, -0.05) is 25.3 Å². The Hall–Kier alpha value is -1.15. The molecule has 0 saturated heterocycles. The van der Waals surface area contributed by atoms with Crippen molar-refractivity contribution in [1.82, 2.24) is 10.0 Å². The summed E-state index contributed by atoms with van der Waals surface area (Å²) >= 11 is 0. The van der Waals surface area contributed by atoms with Gasteiger partial charge in [-0.25, -0.2) is 13.1 Å². The second-order valence-corrected chi connectivity index (χ2v) is 8.73. The molecule has 0 bridgehead atoms. The van der Waals surface area contributed by atoms with Gasteiger partial charge in [0.05, 0.1) is 4.90 Å². The number of hydrogen-bond acceptors (Lipinski definition) is 4. The lowest BCUT2D eigenvalue weighted by Gasteiger charge is -2.30. The minimum Gasteiger partial charge on any atom is -0.348 e. The molecular formula is C18H30ClN3O3S. The lowest BCUT2D eigenvalue weighted by atomic mass is 9.84. The molecule has 1 aliphatic carbocycles. The van der Waals surface area contributed by atoms with Crippen LogP contribution in [0.25, 0.3) is 0 Å². The highest BCUT2D eigenvalue weighted by Crippen LogP contribution is 2.26. The van der Waals surface area contributed by atoms with Crippen LogP contribution in [0, 0.1) is 5.92 Å². The molecule has 2 rings (SSSR count).